The van der Waals surface area contributed by atoms with Crippen molar-refractivity contribution in [1.82, 2.24) is 15.6 Å². The van der Waals surface area contributed by atoms with Gasteiger partial charge in [0.1, 0.15) is 0 Å². The molecule has 0 radical (unpaired) electrons. The molecule has 84 valence electrons. The molecule has 0 spiro atoms. The van der Waals surface area contributed by atoms with Gasteiger partial charge in [-0.1, -0.05) is 6.92 Å². The van der Waals surface area contributed by atoms with Gasteiger partial charge in [-0.25, -0.2) is 0 Å². The third-order valence-corrected chi connectivity index (χ3v) is 2.19. The summed E-state index contributed by atoms with van der Waals surface area (Å²) in [4.78, 5) is 13.6. The number of aromatic nitrogens is 1. The lowest BCUT2D eigenvalue weighted by Gasteiger charge is -2.13. The van der Waals surface area contributed by atoms with E-state index in [0.717, 1.165) is 25.2 Å². The molecule has 0 aliphatic rings. The number of H-pyrrole nitrogens is 1. The van der Waals surface area contributed by atoms with Crippen LogP contribution in [0.3, 0.4) is 0 Å². The summed E-state index contributed by atoms with van der Waals surface area (Å²) in [6, 6.07) is 3.94. The van der Waals surface area contributed by atoms with Crippen LogP contribution in [-0.4, -0.2) is 24.1 Å². The minimum Gasteiger partial charge on any atom is -0.329 e. The Kier molecular flexibility index (Phi) is 5.07. The molecular formula is C11H19N3O. The first kappa shape index (κ1) is 11.9. The quantitative estimate of drug-likeness (QED) is 0.638. The van der Waals surface area contributed by atoms with Crippen LogP contribution in [0.2, 0.25) is 0 Å². The second-order valence-electron chi connectivity index (χ2n) is 3.65. The average molecular weight is 209 g/mol. The first-order valence-corrected chi connectivity index (χ1v) is 5.34. The number of pyridine rings is 1. The average Bonchev–Trinajstić information content (AvgIpc) is 2.23. The molecule has 15 heavy (non-hydrogen) atoms. The summed E-state index contributed by atoms with van der Waals surface area (Å²) in [6.45, 7) is 6.87. The van der Waals surface area contributed by atoms with Crippen LogP contribution in [0.25, 0.3) is 0 Å². The van der Waals surface area contributed by atoms with Gasteiger partial charge in [0, 0.05) is 31.4 Å². The molecule has 0 amide bonds. The van der Waals surface area contributed by atoms with E-state index in [-0.39, 0.29) is 5.56 Å². The molecule has 0 aromatic carbocycles. The Labute approximate surface area is 90.1 Å². The van der Waals surface area contributed by atoms with Crippen molar-refractivity contribution in [2.24, 2.45) is 0 Å². The molecule has 0 saturated heterocycles. The highest BCUT2D eigenvalue weighted by Gasteiger charge is 2.00. The van der Waals surface area contributed by atoms with Crippen molar-refractivity contribution in [3.05, 3.63) is 34.2 Å². The Morgan fingerprint density at radius 2 is 2.33 bits per heavy atom. The molecule has 0 fully saturated rings. The second kappa shape index (κ2) is 6.37. The normalized spacial score (nSPS) is 12.7. The van der Waals surface area contributed by atoms with Gasteiger partial charge in [-0.3, -0.25) is 4.79 Å². The van der Waals surface area contributed by atoms with Gasteiger partial charge in [-0.15, -0.1) is 0 Å². The fraction of sp³-hybridized carbons (Fsp3) is 0.545. The zero-order valence-electron chi connectivity index (χ0n) is 9.34. The van der Waals surface area contributed by atoms with Crippen LogP contribution >= 0.6 is 0 Å². The van der Waals surface area contributed by atoms with Gasteiger partial charge < -0.3 is 15.6 Å². The molecule has 0 aliphatic carbocycles. The third-order valence-electron chi connectivity index (χ3n) is 2.19. The Hall–Kier alpha value is -1.13. The van der Waals surface area contributed by atoms with Crippen LogP contribution < -0.4 is 16.2 Å². The number of likely N-dealkylation sites (N-methyl/N-ethyl adjacent to an activating group) is 1. The topological polar surface area (TPSA) is 56.9 Å². The summed E-state index contributed by atoms with van der Waals surface area (Å²) in [7, 11) is 0. The highest BCUT2D eigenvalue weighted by molar-refractivity contribution is 5.09. The number of hydrogen-bond donors (Lipinski definition) is 3. The molecule has 1 heterocycles. The fourth-order valence-corrected chi connectivity index (χ4v) is 1.32. The van der Waals surface area contributed by atoms with Crippen molar-refractivity contribution in [2.75, 3.05) is 13.1 Å². The van der Waals surface area contributed by atoms with Crippen molar-refractivity contribution < 1.29 is 0 Å². The molecule has 0 bridgehead atoms. The number of nitrogens with one attached hydrogen (secondary N) is 3. The van der Waals surface area contributed by atoms with Crippen LogP contribution in [0.4, 0.5) is 0 Å². The minimum absolute atomic E-state index is 0.0476. The summed E-state index contributed by atoms with van der Waals surface area (Å²) >= 11 is 0. The van der Waals surface area contributed by atoms with Crippen molar-refractivity contribution >= 4 is 0 Å². The van der Waals surface area contributed by atoms with Crippen LogP contribution in [0, 0.1) is 0 Å². The summed E-state index contributed by atoms with van der Waals surface area (Å²) in [5, 5.41) is 6.61. The molecular weight excluding hydrogens is 190 g/mol. The van der Waals surface area contributed by atoms with Crippen molar-refractivity contribution in [3.8, 4) is 0 Å². The molecule has 1 aromatic heterocycles. The van der Waals surface area contributed by atoms with Gasteiger partial charge in [0.25, 0.3) is 0 Å². The Morgan fingerprint density at radius 1 is 1.53 bits per heavy atom. The van der Waals surface area contributed by atoms with Gasteiger partial charge in [0.2, 0.25) is 5.56 Å². The van der Waals surface area contributed by atoms with E-state index in [9.17, 15) is 4.79 Å². The number of hydrogen-bond acceptors (Lipinski definition) is 3. The van der Waals surface area contributed by atoms with Crippen LogP contribution in [0.5, 0.6) is 0 Å². The van der Waals surface area contributed by atoms with E-state index in [2.05, 4.69) is 29.5 Å². The Bertz CT molecular complexity index is 335. The van der Waals surface area contributed by atoms with Gasteiger partial charge in [-0.2, -0.15) is 0 Å². The van der Waals surface area contributed by atoms with Crippen LogP contribution in [0.1, 0.15) is 19.4 Å². The Balaban J connectivity index is 2.33. The van der Waals surface area contributed by atoms with E-state index in [1.54, 1.807) is 12.3 Å². The predicted octanol–water partition coefficient (Wildman–Crippen LogP) is 0.462. The molecule has 1 aromatic rings. The lowest BCUT2D eigenvalue weighted by molar-refractivity contribution is 0.509. The maximum absolute atomic E-state index is 11.0. The monoisotopic (exact) mass is 209 g/mol. The molecule has 0 aliphatic heterocycles. The number of aromatic amines is 1. The van der Waals surface area contributed by atoms with E-state index in [1.165, 1.54) is 0 Å². The molecule has 0 saturated carbocycles. The van der Waals surface area contributed by atoms with Crippen molar-refractivity contribution in [1.29, 1.82) is 0 Å². The number of rotatable bonds is 6. The molecule has 1 unspecified atom stereocenters. The fourth-order valence-electron chi connectivity index (χ4n) is 1.32. The van der Waals surface area contributed by atoms with E-state index < -0.39 is 0 Å². The van der Waals surface area contributed by atoms with E-state index in [4.69, 9.17) is 0 Å². The second-order valence-corrected chi connectivity index (χ2v) is 3.65. The highest BCUT2D eigenvalue weighted by atomic mass is 16.1. The van der Waals surface area contributed by atoms with Gasteiger partial charge in [-0.05, 0) is 25.1 Å². The first-order valence-electron chi connectivity index (χ1n) is 5.34. The summed E-state index contributed by atoms with van der Waals surface area (Å²) in [6.07, 6.45) is 1.67. The maximum Gasteiger partial charge on any atom is 0.248 e. The van der Waals surface area contributed by atoms with Crippen molar-refractivity contribution in [3.63, 3.8) is 0 Å². The SMILES string of the molecule is CCNCC(C)NCc1cc[nH]c(=O)c1. The molecule has 4 nitrogen and oxygen atoms in total. The molecule has 3 N–H and O–H groups in total. The molecule has 1 rings (SSSR count). The lowest BCUT2D eigenvalue weighted by atomic mass is 10.2. The van der Waals surface area contributed by atoms with Gasteiger partial charge >= 0.3 is 0 Å². The minimum atomic E-state index is -0.0476. The third kappa shape index (κ3) is 4.76. The molecule has 1 atom stereocenters. The zero-order valence-corrected chi connectivity index (χ0v) is 9.34. The zero-order chi connectivity index (χ0) is 11.1. The predicted molar refractivity (Wildman–Crippen MR) is 61.9 cm³/mol. The van der Waals surface area contributed by atoms with Crippen LogP contribution in [0.15, 0.2) is 23.1 Å². The van der Waals surface area contributed by atoms with Gasteiger partial charge in [0.15, 0.2) is 0 Å². The first-order chi connectivity index (χ1) is 7.22. The summed E-state index contributed by atoms with van der Waals surface area (Å²) < 4.78 is 0. The van der Waals surface area contributed by atoms with Gasteiger partial charge in [0.05, 0.1) is 0 Å². The van der Waals surface area contributed by atoms with E-state index >= 15 is 0 Å². The standard InChI is InChI=1S/C11H19N3O/c1-3-12-7-9(2)14-8-10-4-5-13-11(15)6-10/h4-6,9,12,14H,3,7-8H2,1-2H3,(H,13,15). The molecule has 4 heteroatoms. The highest BCUT2D eigenvalue weighted by Crippen LogP contribution is 1.92. The maximum atomic E-state index is 11.0. The van der Waals surface area contributed by atoms with Crippen LogP contribution in [-0.2, 0) is 6.54 Å². The van der Waals surface area contributed by atoms with Crippen molar-refractivity contribution in [2.45, 2.75) is 26.4 Å². The summed E-state index contributed by atoms with van der Waals surface area (Å²) in [5.74, 6) is 0. The lowest BCUT2D eigenvalue weighted by Crippen LogP contribution is -2.35. The largest absolute Gasteiger partial charge is 0.329 e. The summed E-state index contributed by atoms with van der Waals surface area (Å²) in [5.41, 5.74) is 0.968. The Morgan fingerprint density at radius 3 is 3.00 bits per heavy atom. The van der Waals surface area contributed by atoms with E-state index in [0.29, 0.717) is 6.04 Å². The van der Waals surface area contributed by atoms with E-state index in [1.807, 2.05) is 6.07 Å². The smallest absolute Gasteiger partial charge is 0.248 e.